The van der Waals surface area contributed by atoms with Gasteiger partial charge in [-0.05, 0) is 49.5 Å². The summed E-state index contributed by atoms with van der Waals surface area (Å²) in [6.07, 6.45) is 4.43. The Morgan fingerprint density at radius 3 is 2.70 bits per heavy atom. The van der Waals surface area contributed by atoms with Crippen molar-refractivity contribution in [1.29, 1.82) is 0 Å². The second-order valence-electron chi connectivity index (χ2n) is 6.68. The number of thiophene rings is 1. The van der Waals surface area contributed by atoms with Crippen molar-refractivity contribution in [2.24, 2.45) is 0 Å². The van der Waals surface area contributed by atoms with Gasteiger partial charge in [-0.3, -0.25) is 4.98 Å². The minimum atomic E-state index is -3.46. The van der Waals surface area contributed by atoms with Crippen molar-refractivity contribution < 1.29 is 13.2 Å². The molecule has 148 valence electrons. The molecule has 0 spiro atoms. The fourth-order valence-electron chi connectivity index (χ4n) is 3.46. The average Bonchev–Trinajstić information content (AvgIpc) is 3.24. The molecule has 0 unspecified atom stereocenters. The lowest BCUT2D eigenvalue weighted by Crippen LogP contribution is -2.48. The zero-order valence-electron chi connectivity index (χ0n) is 15.7. The maximum absolute atomic E-state index is 13.0. The molecule has 3 heterocycles. The summed E-state index contributed by atoms with van der Waals surface area (Å²) in [4.78, 5) is 6.77. The average molecular weight is 410 g/mol. The Morgan fingerprint density at radius 2 is 2.07 bits per heavy atom. The van der Waals surface area contributed by atoms with Crippen LogP contribution in [-0.2, 0) is 21.2 Å². The molecule has 0 radical (unpaired) electrons. The highest BCUT2D eigenvalue weighted by molar-refractivity contribution is 7.91. The second-order valence-corrected chi connectivity index (χ2v) is 9.75. The van der Waals surface area contributed by atoms with Gasteiger partial charge < -0.3 is 9.64 Å². The van der Waals surface area contributed by atoms with E-state index < -0.39 is 10.0 Å². The third kappa shape index (κ3) is 5.36. The highest BCUT2D eigenvalue weighted by Gasteiger charge is 2.34. The van der Waals surface area contributed by atoms with Gasteiger partial charge in [-0.25, -0.2) is 8.42 Å². The fourth-order valence-corrected chi connectivity index (χ4v) is 6.24. The van der Waals surface area contributed by atoms with Crippen molar-refractivity contribution in [3.63, 3.8) is 0 Å². The molecule has 0 saturated carbocycles. The molecule has 0 amide bonds. The van der Waals surface area contributed by atoms with Crippen molar-refractivity contribution in [3.8, 4) is 0 Å². The predicted molar refractivity (Wildman–Crippen MR) is 107 cm³/mol. The smallest absolute Gasteiger partial charge is 0.252 e. The van der Waals surface area contributed by atoms with Gasteiger partial charge in [0.2, 0.25) is 0 Å². The quantitative estimate of drug-likeness (QED) is 0.637. The fraction of sp³-hybridized carbons (Fsp3) is 0.526. The zero-order chi connectivity index (χ0) is 19.1. The lowest BCUT2D eigenvalue weighted by atomic mass is 10.0. The number of hydrogen-bond donors (Lipinski definition) is 0. The number of likely N-dealkylation sites (tertiary alicyclic amines) is 1. The predicted octanol–water partition coefficient (Wildman–Crippen LogP) is 2.49. The highest BCUT2D eigenvalue weighted by atomic mass is 32.2. The van der Waals surface area contributed by atoms with E-state index in [-0.39, 0.29) is 6.04 Å². The Morgan fingerprint density at radius 1 is 1.26 bits per heavy atom. The van der Waals surface area contributed by atoms with Gasteiger partial charge in [0.05, 0.1) is 6.61 Å². The first-order chi connectivity index (χ1) is 13.1. The Hall–Kier alpha value is -1.32. The molecular weight excluding hydrogens is 382 g/mol. The van der Waals surface area contributed by atoms with Gasteiger partial charge in [-0.1, -0.05) is 12.1 Å². The van der Waals surface area contributed by atoms with E-state index in [1.54, 1.807) is 23.5 Å². The summed E-state index contributed by atoms with van der Waals surface area (Å²) in [6, 6.07) is 9.48. The summed E-state index contributed by atoms with van der Waals surface area (Å²) >= 11 is 1.27. The molecule has 0 N–H and O–H groups in total. The normalized spacial score (nSPS) is 16.8. The number of aromatic nitrogens is 1. The number of hydrogen-bond acceptors (Lipinski definition) is 6. The van der Waals surface area contributed by atoms with Crippen molar-refractivity contribution in [1.82, 2.24) is 14.2 Å². The molecule has 2 aromatic rings. The molecule has 1 aliphatic rings. The van der Waals surface area contributed by atoms with E-state index in [4.69, 9.17) is 4.74 Å². The number of nitrogens with zero attached hydrogens (tertiary/aromatic N) is 3. The maximum atomic E-state index is 13.0. The third-order valence-electron chi connectivity index (χ3n) is 4.95. The first-order valence-electron chi connectivity index (χ1n) is 9.28. The summed E-state index contributed by atoms with van der Waals surface area (Å²) in [6.45, 7) is 3.57. The van der Waals surface area contributed by atoms with Gasteiger partial charge in [-0.2, -0.15) is 4.31 Å². The van der Waals surface area contributed by atoms with Crippen LogP contribution in [0.5, 0.6) is 0 Å². The van der Waals surface area contributed by atoms with E-state index in [2.05, 4.69) is 9.88 Å². The molecule has 1 fully saturated rings. The van der Waals surface area contributed by atoms with Crippen LogP contribution in [0.1, 0.15) is 18.5 Å². The molecule has 8 heteroatoms. The van der Waals surface area contributed by atoms with E-state index >= 15 is 0 Å². The van der Waals surface area contributed by atoms with Gasteiger partial charge in [0.1, 0.15) is 4.21 Å². The van der Waals surface area contributed by atoms with Crippen LogP contribution in [0.3, 0.4) is 0 Å². The number of piperidine rings is 1. The molecule has 1 aliphatic heterocycles. The number of rotatable bonds is 9. The lowest BCUT2D eigenvalue weighted by Gasteiger charge is -2.37. The first-order valence-corrected chi connectivity index (χ1v) is 11.6. The SMILES string of the molecule is COCCN(C1CCN(CCc2ccccn2)CC1)S(=O)(=O)c1cccs1. The highest BCUT2D eigenvalue weighted by Crippen LogP contribution is 2.26. The minimum absolute atomic E-state index is 0.0263. The van der Waals surface area contributed by atoms with Crippen LogP contribution in [0.4, 0.5) is 0 Å². The molecule has 0 aliphatic carbocycles. The summed E-state index contributed by atoms with van der Waals surface area (Å²) < 4.78 is 33.3. The molecule has 2 aromatic heterocycles. The second kappa shape index (κ2) is 9.75. The molecule has 0 atom stereocenters. The van der Waals surface area contributed by atoms with E-state index in [0.717, 1.165) is 44.6 Å². The van der Waals surface area contributed by atoms with E-state index in [9.17, 15) is 8.42 Å². The van der Waals surface area contributed by atoms with E-state index in [1.165, 1.54) is 11.3 Å². The molecule has 27 heavy (non-hydrogen) atoms. The van der Waals surface area contributed by atoms with Crippen LogP contribution in [0.15, 0.2) is 46.1 Å². The van der Waals surface area contributed by atoms with Crippen molar-refractivity contribution >= 4 is 21.4 Å². The van der Waals surface area contributed by atoms with Crippen molar-refractivity contribution in [3.05, 3.63) is 47.6 Å². The van der Waals surface area contributed by atoms with E-state index in [1.807, 2.05) is 29.8 Å². The Labute approximate surface area is 165 Å². The van der Waals surface area contributed by atoms with Gasteiger partial charge in [-0.15, -0.1) is 11.3 Å². The lowest BCUT2D eigenvalue weighted by molar-refractivity contribution is 0.128. The standard InChI is InChI=1S/C19H27N3O3S2/c1-25-15-14-22(27(23,24)19-6-4-16-26-19)18-8-12-21(13-9-18)11-7-17-5-2-3-10-20-17/h2-6,10,16,18H,7-9,11-15H2,1H3. The molecular formula is C19H27N3O3S2. The van der Waals surface area contributed by atoms with Gasteiger partial charge in [0, 0.05) is 44.6 Å². The topological polar surface area (TPSA) is 62.7 Å². The number of pyridine rings is 1. The largest absolute Gasteiger partial charge is 0.383 e. The number of methoxy groups -OCH3 is 1. The molecule has 0 aromatic carbocycles. The maximum Gasteiger partial charge on any atom is 0.252 e. The minimum Gasteiger partial charge on any atom is -0.383 e. The van der Waals surface area contributed by atoms with Crippen LogP contribution < -0.4 is 0 Å². The first kappa shape index (κ1) is 20.4. The van der Waals surface area contributed by atoms with Crippen LogP contribution in [0.25, 0.3) is 0 Å². The summed E-state index contributed by atoms with van der Waals surface area (Å²) in [5, 5.41) is 1.81. The van der Waals surface area contributed by atoms with Crippen molar-refractivity contribution in [2.75, 3.05) is 39.9 Å². The Bertz CT molecular complexity index is 774. The Kier molecular flexibility index (Phi) is 7.37. The van der Waals surface area contributed by atoms with Crippen LogP contribution in [0, 0.1) is 0 Å². The third-order valence-corrected chi connectivity index (χ3v) is 8.27. The number of ether oxygens (including phenoxy) is 1. The van der Waals surface area contributed by atoms with Gasteiger partial charge >= 0.3 is 0 Å². The van der Waals surface area contributed by atoms with E-state index in [0.29, 0.717) is 17.4 Å². The molecule has 0 bridgehead atoms. The van der Waals surface area contributed by atoms with Crippen molar-refractivity contribution in [2.45, 2.75) is 29.5 Å². The number of sulfonamides is 1. The van der Waals surface area contributed by atoms with Crippen LogP contribution in [-0.4, -0.2) is 68.5 Å². The Balaban J connectivity index is 1.59. The zero-order valence-corrected chi connectivity index (χ0v) is 17.3. The summed E-state index contributed by atoms with van der Waals surface area (Å²) in [7, 11) is -1.85. The molecule has 6 nitrogen and oxygen atoms in total. The molecule has 1 saturated heterocycles. The van der Waals surface area contributed by atoms with Crippen LogP contribution >= 0.6 is 11.3 Å². The van der Waals surface area contributed by atoms with Crippen LogP contribution in [0.2, 0.25) is 0 Å². The monoisotopic (exact) mass is 409 g/mol. The summed E-state index contributed by atoms with van der Waals surface area (Å²) in [5.41, 5.74) is 1.10. The van der Waals surface area contributed by atoms with Gasteiger partial charge in [0.25, 0.3) is 10.0 Å². The molecule has 3 rings (SSSR count). The van der Waals surface area contributed by atoms with Gasteiger partial charge in [0.15, 0.2) is 0 Å². The summed E-state index contributed by atoms with van der Waals surface area (Å²) in [5.74, 6) is 0.